The molecule has 0 spiro atoms. The molecule has 0 amide bonds. The van der Waals surface area contributed by atoms with E-state index in [1.807, 2.05) is 0 Å². The molecule has 1 aliphatic carbocycles. The Morgan fingerprint density at radius 2 is 1.71 bits per heavy atom. The molecule has 0 bridgehead atoms. The van der Waals surface area contributed by atoms with Crippen LogP contribution in [-0.4, -0.2) is 13.7 Å². The first-order valence-electron chi connectivity index (χ1n) is 8.45. The maximum absolute atomic E-state index is 5.51. The molecule has 1 aromatic carbocycles. The van der Waals surface area contributed by atoms with E-state index in [9.17, 15) is 0 Å². The maximum Gasteiger partial charge on any atom is 0.124 e. The summed E-state index contributed by atoms with van der Waals surface area (Å²) in [6, 6.07) is 5.12. The fourth-order valence-electron chi connectivity index (χ4n) is 3.88. The summed E-state index contributed by atoms with van der Waals surface area (Å²) in [6.07, 6.45) is 5.45. The first-order valence-corrected chi connectivity index (χ1v) is 8.45. The van der Waals surface area contributed by atoms with E-state index in [1.54, 1.807) is 7.11 Å². The Kier molecular flexibility index (Phi) is 5.69. The van der Waals surface area contributed by atoms with Crippen LogP contribution in [0.2, 0.25) is 0 Å². The summed E-state index contributed by atoms with van der Waals surface area (Å²) in [5, 5.41) is 3.73. The van der Waals surface area contributed by atoms with E-state index in [1.165, 1.54) is 42.4 Å². The quantitative estimate of drug-likeness (QED) is 0.841. The van der Waals surface area contributed by atoms with Crippen LogP contribution in [0.5, 0.6) is 5.75 Å². The number of nitrogens with one attached hydrogen (secondary N) is 1. The molecule has 1 aromatic rings. The second kappa shape index (κ2) is 7.31. The van der Waals surface area contributed by atoms with Crippen LogP contribution in [0, 0.1) is 25.7 Å². The molecule has 0 aromatic heterocycles. The first kappa shape index (κ1) is 16.4. The molecule has 2 rings (SSSR count). The highest BCUT2D eigenvalue weighted by Crippen LogP contribution is 2.38. The largest absolute Gasteiger partial charge is 0.496 e. The lowest BCUT2D eigenvalue weighted by atomic mass is 9.77. The van der Waals surface area contributed by atoms with Crippen molar-refractivity contribution in [3.63, 3.8) is 0 Å². The lowest BCUT2D eigenvalue weighted by molar-refractivity contribution is 0.233. The van der Waals surface area contributed by atoms with Gasteiger partial charge < -0.3 is 10.1 Å². The summed E-state index contributed by atoms with van der Waals surface area (Å²) in [7, 11) is 1.76. The number of benzene rings is 1. The molecular weight excluding hydrogens is 258 g/mol. The van der Waals surface area contributed by atoms with Crippen LogP contribution in [-0.2, 0) is 0 Å². The maximum atomic E-state index is 5.51. The van der Waals surface area contributed by atoms with Crippen LogP contribution >= 0.6 is 0 Å². The minimum atomic E-state index is 0.491. The Morgan fingerprint density at radius 1 is 1.14 bits per heavy atom. The SMILES string of the molecule is CCNC(c1cc(C)c(OC)c(C)c1)C1CCC(C)CC1. The van der Waals surface area contributed by atoms with Gasteiger partial charge in [0.05, 0.1) is 7.11 Å². The van der Waals surface area contributed by atoms with Crippen molar-refractivity contribution in [1.82, 2.24) is 5.32 Å². The number of hydrogen-bond donors (Lipinski definition) is 1. The van der Waals surface area contributed by atoms with Crippen LogP contribution in [0.4, 0.5) is 0 Å². The average Bonchev–Trinajstić information content (AvgIpc) is 2.45. The fraction of sp³-hybridized carbons (Fsp3) is 0.684. The lowest BCUT2D eigenvalue weighted by Gasteiger charge is -2.34. The third-order valence-corrected chi connectivity index (χ3v) is 5.00. The predicted molar refractivity (Wildman–Crippen MR) is 90.0 cm³/mol. The summed E-state index contributed by atoms with van der Waals surface area (Å²) in [5.74, 6) is 2.71. The predicted octanol–water partition coefficient (Wildman–Crippen LogP) is 4.79. The smallest absolute Gasteiger partial charge is 0.124 e. The van der Waals surface area contributed by atoms with Gasteiger partial charge in [0.2, 0.25) is 0 Å². The summed E-state index contributed by atoms with van der Waals surface area (Å²) in [6.45, 7) is 9.94. The van der Waals surface area contributed by atoms with Gasteiger partial charge in [0.15, 0.2) is 0 Å². The van der Waals surface area contributed by atoms with Crippen LogP contribution < -0.4 is 10.1 Å². The molecule has 0 aliphatic heterocycles. The van der Waals surface area contributed by atoms with Crippen molar-refractivity contribution in [2.45, 2.75) is 59.4 Å². The minimum absolute atomic E-state index is 0.491. The van der Waals surface area contributed by atoms with Gasteiger partial charge in [-0.25, -0.2) is 0 Å². The standard InChI is InChI=1S/C19H31NO/c1-6-20-18(16-9-7-13(2)8-10-16)17-11-14(3)19(21-5)15(4)12-17/h11-13,16,18,20H,6-10H2,1-5H3. The van der Waals surface area contributed by atoms with Gasteiger partial charge in [0.25, 0.3) is 0 Å². The molecule has 2 nitrogen and oxygen atoms in total. The monoisotopic (exact) mass is 289 g/mol. The highest BCUT2D eigenvalue weighted by molar-refractivity contribution is 5.44. The van der Waals surface area contributed by atoms with Crippen LogP contribution in [0.15, 0.2) is 12.1 Å². The van der Waals surface area contributed by atoms with E-state index in [4.69, 9.17) is 4.74 Å². The van der Waals surface area contributed by atoms with Crippen molar-refractivity contribution >= 4 is 0 Å². The molecule has 1 saturated carbocycles. The Hall–Kier alpha value is -1.02. The molecule has 0 saturated heterocycles. The fourth-order valence-corrected chi connectivity index (χ4v) is 3.88. The third-order valence-electron chi connectivity index (χ3n) is 5.00. The molecule has 0 heterocycles. The highest BCUT2D eigenvalue weighted by Gasteiger charge is 2.27. The second-order valence-electron chi connectivity index (χ2n) is 6.74. The van der Waals surface area contributed by atoms with Crippen LogP contribution in [0.1, 0.15) is 62.3 Å². The van der Waals surface area contributed by atoms with E-state index < -0.39 is 0 Å². The van der Waals surface area contributed by atoms with Gasteiger partial charge in [-0.05, 0) is 61.8 Å². The number of methoxy groups -OCH3 is 1. The Bertz CT molecular complexity index is 438. The number of hydrogen-bond acceptors (Lipinski definition) is 2. The van der Waals surface area contributed by atoms with E-state index in [-0.39, 0.29) is 0 Å². The Labute approximate surface area is 130 Å². The van der Waals surface area contributed by atoms with Crippen molar-refractivity contribution < 1.29 is 4.74 Å². The zero-order valence-electron chi connectivity index (χ0n) is 14.3. The summed E-state index contributed by atoms with van der Waals surface area (Å²) in [4.78, 5) is 0. The van der Waals surface area contributed by atoms with Crippen LogP contribution in [0.3, 0.4) is 0 Å². The molecule has 118 valence electrons. The van der Waals surface area contributed by atoms with Gasteiger partial charge in [0, 0.05) is 6.04 Å². The van der Waals surface area contributed by atoms with E-state index >= 15 is 0 Å². The first-order chi connectivity index (χ1) is 10.1. The topological polar surface area (TPSA) is 21.3 Å². The average molecular weight is 289 g/mol. The van der Waals surface area contributed by atoms with Gasteiger partial charge >= 0.3 is 0 Å². The van der Waals surface area contributed by atoms with Gasteiger partial charge in [-0.2, -0.15) is 0 Å². The van der Waals surface area contributed by atoms with Gasteiger partial charge in [-0.15, -0.1) is 0 Å². The zero-order valence-corrected chi connectivity index (χ0v) is 14.3. The number of rotatable bonds is 5. The number of aryl methyl sites for hydroxylation is 2. The van der Waals surface area contributed by atoms with E-state index in [0.717, 1.165) is 24.1 Å². The summed E-state index contributed by atoms with van der Waals surface area (Å²) >= 11 is 0. The lowest BCUT2D eigenvalue weighted by Crippen LogP contribution is -2.30. The zero-order chi connectivity index (χ0) is 15.4. The summed E-state index contributed by atoms with van der Waals surface area (Å²) in [5.41, 5.74) is 3.94. The summed E-state index contributed by atoms with van der Waals surface area (Å²) < 4.78 is 5.51. The van der Waals surface area contributed by atoms with E-state index in [2.05, 4.69) is 45.1 Å². The third kappa shape index (κ3) is 3.79. The van der Waals surface area contributed by atoms with Crippen molar-refractivity contribution in [2.24, 2.45) is 11.8 Å². The molecule has 1 aliphatic rings. The molecule has 1 unspecified atom stereocenters. The van der Waals surface area contributed by atoms with Gasteiger partial charge in [-0.1, -0.05) is 38.8 Å². The van der Waals surface area contributed by atoms with Gasteiger partial charge in [0.1, 0.15) is 5.75 Å². The van der Waals surface area contributed by atoms with Crippen molar-refractivity contribution in [3.05, 3.63) is 28.8 Å². The van der Waals surface area contributed by atoms with Crippen LogP contribution in [0.25, 0.3) is 0 Å². The Balaban J connectivity index is 2.25. The molecular formula is C19H31NO. The normalized spacial score (nSPS) is 23.9. The molecule has 2 heteroatoms. The molecule has 21 heavy (non-hydrogen) atoms. The highest BCUT2D eigenvalue weighted by atomic mass is 16.5. The molecule has 0 radical (unpaired) electrons. The molecule has 1 fully saturated rings. The van der Waals surface area contributed by atoms with Gasteiger partial charge in [-0.3, -0.25) is 0 Å². The molecule has 1 atom stereocenters. The minimum Gasteiger partial charge on any atom is -0.496 e. The number of ether oxygens (including phenoxy) is 1. The van der Waals surface area contributed by atoms with Crippen molar-refractivity contribution in [3.8, 4) is 5.75 Å². The van der Waals surface area contributed by atoms with E-state index in [0.29, 0.717) is 6.04 Å². The second-order valence-corrected chi connectivity index (χ2v) is 6.74. The van der Waals surface area contributed by atoms with Crippen molar-refractivity contribution in [2.75, 3.05) is 13.7 Å². The molecule has 1 N–H and O–H groups in total. The van der Waals surface area contributed by atoms with Crippen molar-refractivity contribution in [1.29, 1.82) is 0 Å². The Morgan fingerprint density at radius 3 is 2.19 bits per heavy atom.